The van der Waals surface area contributed by atoms with E-state index >= 15 is 0 Å². The van der Waals surface area contributed by atoms with E-state index in [1.807, 2.05) is 9.36 Å². The molecule has 2 aromatic heterocycles. The standard InChI is InChI=1S/C23H22N6/c1-3-9-21-19(7-1)20-8-2-4-10-22(20)23(21)13-17-15-28(26-24-17)11-5-6-12-29-16-18(14-23)25-27-29/h1-4,7-10,15-16H,5-6,11-14H2. The minimum Gasteiger partial charge on any atom is -0.252 e. The molecule has 6 nitrogen and oxygen atoms in total. The van der Waals surface area contributed by atoms with Gasteiger partial charge in [-0.3, -0.25) is 9.36 Å². The normalized spacial score (nSPS) is 17.1. The highest BCUT2D eigenvalue weighted by Gasteiger charge is 2.44. The SMILES string of the molecule is c1ccc2c(c1)-c1ccccc1C21Cc2cn(nn2)CCCCn2cc(nn2)C1. The molecule has 29 heavy (non-hydrogen) atoms. The summed E-state index contributed by atoms with van der Waals surface area (Å²) in [6.45, 7) is 1.77. The molecule has 0 radical (unpaired) electrons. The van der Waals surface area contributed by atoms with Crippen LogP contribution in [-0.2, 0) is 31.3 Å². The predicted octanol–water partition coefficient (Wildman–Crippen LogP) is 3.42. The molecule has 0 N–H and O–H groups in total. The van der Waals surface area contributed by atoms with Gasteiger partial charge in [-0.1, -0.05) is 59.0 Å². The lowest BCUT2D eigenvalue weighted by atomic mass is 9.71. The maximum Gasteiger partial charge on any atom is 0.0839 e. The number of fused-ring (bicyclic) bond motifs is 9. The average molecular weight is 382 g/mol. The zero-order valence-electron chi connectivity index (χ0n) is 16.2. The third kappa shape index (κ3) is 2.63. The van der Waals surface area contributed by atoms with Gasteiger partial charge in [0.15, 0.2) is 0 Å². The molecule has 4 bridgehead atoms. The van der Waals surface area contributed by atoms with Crippen molar-refractivity contribution in [1.82, 2.24) is 30.0 Å². The van der Waals surface area contributed by atoms with Crippen molar-refractivity contribution >= 4 is 0 Å². The summed E-state index contributed by atoms with van der Waals surface area (Å²) in [6, 6.07) is 17.5. The number of hydrogen-bond acceptors (Lipinski definition) is 4. The minimum absolute atomic E-state index is 0.219. The third-order valence-corrected chi connectivity index (χ3v) is 6.34. The molecular weight excluding hydrogens is 360 g/mol. The molecule has 2 aliphatic rings. The van der Waals surface area contributed by atoms with E-state index in [-0.39, 0.29) is 5.41 Å². The molecule has 0 saturated carbocycles. The van der Waals surface area contributed by atoms with E-state index in [9.17, 15) is 0 Å². The number of benzene rings is 2. The smallest absolute Gasteiger partial charge is 0.0839 e. The first kappa shape index (κ1) is 16.7. The maximum absolute atomic E-state index is 4.54. The minimum atomic E-state index is -0.219. The molecule has 6 rings (SSSR count). The van der Waals surface area contributed by atoms with E-state index in [0.717, 1.165) is 50.2 Å². The molecule has 1 spiro atoms. The van der Waals surface area contributed by atoms with E-state index in [0.29, 0.717) is 0 Å². The zero-order valence-corrected chi connectivity index (χ0v) is 16.2. The summed E-state index contributed by atoms with van der Waals surface area (Å²) in [7, 11) is 0. The van der Waals surface area contributed by atoms with Crippen molar-refractivity contribution in [2.45, 2.75) is 44.2 Å². The molecule has 2 aromatic carbocycles. The fourth-order valence-corrected chi connectivity index (χ4v) is 5.08. The highest BCUT2D eigenvalue weighted by atomic mass is 15.4. The fraction of sp³-hybridized carbons (Fsp3) is 0.304. The Morgan fingerprint density at radius 2 is 1.14 bits per heavy atom. The van der Waals surface area contributed by atoms with Crippen molar-refractivity contribution in [3.05, 3.63) is 83.4 Å². The highest BCUT2D eigenvalue weighted by molar-refractivity contribution is 5.81. The van der Waals surface area contributed by atoms with Gasteiger partial charge < -0.3 is 0 Å². The van der Waals surface area contributed by atoms with Crippen molar-refractivity contribution < 1.29 is 0 Å². The molecule has 0 saturated heterocycles. The Kier molecular flexibility index (Phi) is 3.66. The van der Waals surface area contributed by atoms with Crippen LogP contribution < -0.4 is 0 Å². The third-order valence-electron chi connectivity index (χ3n) is 6.34. The Hall–Kier alpha value is -3.28. The van der Waals surface area contributed by atoms with Crippen LogP contribution in [0.25, 0.3) is 11.1 Å². The van der Waals surface area contributed by atoms with Gasteiger partial charge in [0.1, 0.15) is 0 Å². The van der Waals surface area contributed by atoms with E-state index in [1.165, 1.54) is 22.3 Å². The Bertz CT molecular complexity index is 1090. The maximum atomic E-state index is 4.54. The first-order valence-corrected chi connectivity index (χ1v) is 10.3. The molecule has 4 aromatic rings. The van der Waals surface area contributed by atoms with Gasteiger partial charge in [0.05, 0.1) is 11.4 Å². The summed E-state index contributed by atoms with van der Waals surface area (Å²) in [5, 5.41) is 17.9. The van der Waals surface area contributed by atoms with Gasteiger partial charge in [-0.2, -0.15) is 0 Å². The van der Waals surface area contributed by atoms with Crippen LogP contribution in [0.4, 0.5) is 0 Å². The van der Waals surface area contributed by atoms with Crippen LogP contribution in [-0.4, -0.2) is 30.0 Å². The van der Waals surface area contributed by atoms with Crippen LogP contribution in [0.1, 0.15) is 35.4 Å². The average Bonchev–Trinajstić information content (AvgIpc) is 3.45. The second kappa shape index (κ2) is 6.37. The highest BCUT2D eigenvalue weighted by Crippen LogP contribution is 2.51. The van der Waals surface area contributed by atoms with Crippen LogP contribution >= 0.6 is 0 Å². The molecule has 144 valence electrons. The largest absolute Gasteiger partial charge is 0.252 e. The molecular formula is C23H22N6. The summed E-state index contributed by atoms with van der Waals surface area (Å²) < 4.78 is 3.97. The topological polar surface area (TPSA) is 61.4 Å². The van der Waals surface area contributed by atoms with Gasteiger partial charge in [0.2, 0.25) is 0 Å². The van der Waals surface area contributed by atoms with Crippen molar-refractivity contribution in [3.8, 4) is 11.1 Å². The van der Waals surface area contributed by atoms with Crippen LogP contribution in [0.5, 0.6) is 0 Å². The number of hydrogen-bond donors (Lipinski definition) is 0. The van der Waals surface area contributed by atoms with E-state index in [4.69, 9.17) is 0 Å². The molecule has 1 aliphatic heterocycles. The Morgan fingerprint density at radius 3 is 1.66 bits per heavy atom. The molecule has 0 atom stereocenters. The fourth-order valence-electron chi connectivity index (χ4n) is 5.08. The second-order valence-corrected chi connectivity index (χ2v) is 8.18. The number of aryl methyl sites for hydroxylation is 2. The molecule has 3 heterocycles. The summed E-state index contributed by atoms with van der Waals surface area (Å²) in [6.07, 6.45) is 7.95. The summed E-state index contributed by atoms with van der Waals surface area (Å²) in [5.74, 6) is 0. The van der Waals surface area contributed by atoms with Crippen molar-refractivity contribution in [2.75, 3.05) is 0 Å². The molecule has 0 fully saturated rings. The number of aromatic nitrogens is 6. The quantitative estimate of drug-likeness (QED) is 0.468. The van der Waals surface area contributed by atoms with Gasteiger partial charge in [0, 0.05) is 43.7 Å². The number of nitrogens with zero attached hydrogens (tertiary/aromatic N) is 6. The van der Waals surface area contributed by atoms with Gasteiger partial charge in [-0.15, -0.1) is 10.2 Å². The lowest BCUT2D eigenvalue weighted by Gasteiger charge is -2.30. The number of rotatable bonds is 0. The lowest BCUT2D eigenvalue weighted by Crippen LogP contribution is -2.31. The first-order valence-electron chi connectivity index (χ1n) is 10.3. The Balaban J connectivity index is 1.58. The van der Waals surface area contributed by atoms with Gasteiger partial charge >= 0.3 is 0 Å². The van der Waals surface area contributed by atoms with Crippen LogP contribution in [0.2, 0.25) is 0 Å². The van der Waals surface area contributed by atoms with E-state index in [1.54, 1.807) is 0 Å². The monoisotopic (exact) mass is 382 g/mol. The summed E-state index contributed by atoms with van der Waals surface area (Å²) >= 11 is 0. The van der Waals surface area contributed by atoms with E-state index in [2.05, 4.69) is 81.5 Å². The van der Waals surface area contributed by atoms with Crippen LogP contribution in [0.15, 0.2) is 60.9 Å². The molecule has 0 amide bonds. The van der Waals surface area contributed by atoms with Crippen molar-refractivity contribution in [2.24, 2.45) is 0 Å². The molecule has 6 heteroatoms. The van der Waals surface area contributed by atoms with Crippen LogP contribution in [0, 0.1) is 0 Å². The van der Waals surface area contributed by atoms with Crippen molar-refractivity contribution in [1.29, 1.82) is 0 Å². The van der Waals surface area contributed by atoms with Gasteiger partial charge in [0.25, 0.3) is 0 Å². The molecule has 1 aliphatic carbocycles. The summed E-state index contributed by atoms with van der Waals surface area (Å²) in [5.41, 5.74) is 7.16. The van der Waals surface area contributed by atoms with E-state index < -0.39 is 0 Å². The lowest BCUT2D eigenvalue weighted by molar-refractivity contribution is 0.487. The second-order valence-electron chi connectivity index (χ2n) is 8.18. The molecule has 0 unspecified atom stereocenters. The predicted molar refractivity (Wildman–Crippen MR) is 109 cm³/mol. The summed E-state index contributed by atoms with van der Waals surface area (Å²) in [4.78, 5) is 0. The zero-order chi connectivity index (χ0) is 19.3. The Labute approximate surface area is 169 Å². The van der Waals surface area contributed by atoms with Crippen LogP contribution in [0.3, 0.4) is 0 Å². The Morgan fingerprint density at radius 1 is 0.655 bits per heavy atom. The van der Waals surface area contributed by atoms with Gasteiger partial charge in [-0.05, 0) is 35.1 Å². The van der Waals surface area contributed by atoms with Gasteiger partial charge in [-0.25, -0.2) is 0 Å². The van der Waals surface area contributed by atoms with Crippen molar-refractivity contribution in [3.63, 3.8) is 0 Å². The first-order chi connectivity index (χ1) is 14.3.